The molecule has 0 aromatic heterocycles. The van der Waals surface area contributed by atoms with Crippen LogP contribution in [0.5, 0.6) is 0 Å². The van der Waals surface area contributed by atoms with Crippen LogP contribution in [0, 0.1) is 50.7 Å². The van der Waals surface area contributed by atoms with Crippen molar-refractivity contribution in [1.29, 1.82) is 0 Å². The van der Waals surface area contributed by atoms with E-state index in [0.717, 1.165) is 89.5 Å². The number of allylic oxidation sites excluding steroid dienone is 1. The van der Waals surface area contributed by atoms with Crippen LogP contribution in [0.15, 0.2) is 11.1 Å². The zero-order chi connectivity index (χ0) is 33.0. The summed E-state index contributed by atoms with van der Waals surface area (Å²) in [5.74, 6) is 1.97. The monoisotopic (exact) mass is 638 g/mol. The number of nitrogens with zero attached hydrogens (tertiary/aromatic N) is 2. The summed E-state index contributed by atoms with van der Waals surface area (Å²) in [6, 6.07) is 0.166. The van der Waals surface area contributed by atoms with Crippen LogP contribution >= 0.6 is 0 Å². The number of alkyl halides is 1. The zero-order valence-corrected chi connectivity index (χ0v) is 30.1. The van der Waals surface area contributed by atoms with E-state index in [0.29, 0.717) is 31.1 Å². The number of carbonyl (C=O) groups excluding carboxylic acids is 2. The fraction of sp³-hybridized carbons (Fsp3) is 0.900. The molecule has 6 heteroatoms. The molecular weight excluding hydrogens is 575 g/mol. The van der Waals surface area contributed by atoms with Crippen molar-refractivity contribution in [3.63, 3.8) is 0 Å². The Morgan fingerprint density at radius 2 is 1.59 bits per heavy atom. The lowest BCUT2D eigenvalue weighted by Crippen LogP contribution is -2.66. The minimum Gasteiger partial charge on any atom is -0.393 e. The van der Waals surface area contributed by atoms with Crippen LogP contribution in [0.25, 0.3) is 0 Å². The van der Waals surface area contributed by atoms with Gasteiger partial charge in [-0.1, -0.05) is 48.5 Å². The smallest absolute Gasteiger partial charge is 0.233 e. The standard InChI is InChI=1S/C40H63FN2O3/c1-25(2)33-29(44)23-40(35(46)43-20-8-9-27(43)24-42-21-14-26(41)15-22-42)19-18-38(6)28(34(33)40)10-11-31-37(5)16-13-32(45)36(3,4)30(37)12-17-39(31,38)7/h25-28,30-32,45H,8-24H2,1-7H3/t27-,28+,30?,31?,32-,37-,38+,39+,40+/m0/s1. The minimum absolute atomic E-state index is 0.0368. The molecular formula is C40H63FN2O3. The number of ketones is 1. The summed E-state index contributed by atoms with van der Waals surface area (Å²) in [4.78, 5) is 33.8. The highest BCUT2D eigenvalue weighted by atomic mass is 19.1. The first-order valence-corrected chi connectivity index (χ1v) is 19.2. The molecule has 2 heterocycles. The van der Waals surface area contributed by atoms with Gasteiger partial charge in [-0.05, 0) is 134 Å². The molecule has 2 aliphatic heterocycles. The number of fused-ring (bicyclic) bond motifs is 7. The number of amides is 1. The largest absolute Gasteiger partial charge is 0.393 e. The minimum atomic E-state index is -0.689. The molecule has 5 nitrogen and oxygen atoms in total. The van der Waals surface area contributed by atoms with Crippen molar-refractivity contribution in [3.8, 4) is 0 Å². The zero-order valence-electron chi connectivity index (χ0n) is 30.1. The Morgan fingerprint density at radius 1 is 0.870 bits per heavy atom. The van der Waals surface area contributed by atoms with E-state index in [9.17, 15) is 14.3 Å². The van der Waals surface area contributed by atoms with Gasteiger partial charge in [-0.3, -0.25) is 9.59 Å². The molecule has 0 bridgehead atoms. The maximum absolute atomic E-state index is 15.1. The third-order valence-electron chi connectivity index (χ3n) is 16.4. The van der Waals surface area contributed by atoms with Crippen LogP contribution in [0.4, 0.5) is 4.39 Å². The molecule has 1 amide bonds. The Morgan fingerprint density at radius 3 is 2.28 bits per heavy atom. The van der Waals surface area contributed by atoms with Gasteiger partial charge in [0.15, 0.2) is 5.78 Å². The highest BCUT2D eigenvalue weighted by Crippen LogP contribution is 2.76. The highest BCUT2D eigenvalue weighted by molar-refractivity contribution is 6.07. The third kappa shape index (κ3) is 4.49. The number of rotatable bonds is 4. The van der Waals surface area contributed by atoms with Gasteiger partial charge in [0.05, 0.1) is 11.5 Å². The molecule has 2 saturated heterocycles. The van der Waals surface area contributed by atoms with Gasteiger partial charge in [0.1, 0.15) is 6.17 Å². The van der Waals surface area contributed by atoms with Crippen molar-refractivity contribution in [2.45, 2.75) is 150 Å². The Balaban J connectivity index is 1.23. The van der Waals surface area contributed by atoms with E-state index in [1.54, 1.807) is 0 Å². The molecule has 6 fully saturated rings. The van der Waals surface area contributed by atoms with E-state index in [1.807, 2.05) is 0 Å². The summed E-state index contributed by atoms with van der Waals surface area (Å²) in [6.45, 7) is 19.9. The molecule has 0 radical (unpaired) electrons. The second-order valence-electron chi connectivity index (χ2n) is 18.9. The lowest BCUT2D eigenvalue weighted by Gasteiger charge is -2.72. The highest BCUT2D eigenvalue weighted by Gasteiger charge is 2.71. The summed E-state index contributed by atoms with van der Waals surface area (Å²) < 4.78 is 13.9. The number of Topliss-reactive ketones (excluding diaryl/α,β-unsaturated/α-hetero) is 1. The van der Waals surface area contributed by atoms with E-state index >= 15 is 4.79 Å². The summed E-state index contributed by atoms with van der Waals surface area (Å²) in [5, 5.41) is 11.1. The summed E-state index contributed by atoms with van der Waals surface area (Å²) in [7, 11) is 0. The Labute approximate surface area is 278 Å². The lowest BCUT2D eigenvalue weighted by atomic mass is 9.33. The van der Waals surface area contributed by atoms with E-state index < -0.39 is 11.6 Å². The molecule has 0 aromatic rings. The van der Waals surface area contributed by atoms with Crippen LogP contribution in [-0.2, 0) is 9.59 Å². The second kappa shape index (κ2) is 11.1. The third-order valence-corrected chi connectivity index (χ3v) is 16.4. The van der Waals surface area contributed by atoms with Gasteiger partial charge >= 0.3 is 0 Å². The molecule has 0 aromatic carbocycles. The maximum Gasteiger partial charge on any atom is 0.233 e. The number of piperidine rings is 1. The number of aliphatic hydroxyl groups excluding tert-OH is 1. The molecule has 1 N–H and O–H groups in total. The average molecular weight is 639 g/mol. The number of hydrogen-bond acceptors (Lipinski definition) is 4. The van der Waals surface area contributed by atoms with Crippen molar-refractivity contribution in [1.82, 2.24) is 9.80 Å². The van der Waals surface area contributed by atoms with Crippen molar-refractivity contribution in [3.05, 3.63) is 11.1 Å². The molecule has 0 spiro atoms. The number of hydrogen-bond donors (Lipinski definition) is 1. The van der Waals surface area contributed by atoms with Crippen LogP contribution in [0.1, 0.15) is 132 Å². The van der Waals surface area contributed by atoms with Gasteiger partial charge in [-0.15, -0.1) is 0 Å². The SMILES string of the molecule is CC(C)C1=C2[C@H]3CCC4[C@@]5(C)CC[C@H](O)C(C)(C)C5CC[C@@]4(C)[C@]3(C)CC[C@@]2(C(=O)N2CCC[C@H]2CN2CCC(F)CC2)CC1=O. The van der Waals surface area contributed by atoms with E-state index in [2.05, 4.69) is 58.3 Å². The van der Waals surface area contributed by atoms with Crippen molar-refractivity contribution >= 4 is 11.7 Å². The maximum atomic E-state index is 15.1. The summed E-state index contributed by atoms with van der Waals surface area (Å²) >= 11 is 0. The van der Waals surface area contributed by atoms with Crippen LogP contribution in [0.2, 0.25) is 0 Å². The average Bonchev–Trinajstić information content (AvgIpc) is 3.58. The molecule has 2 unspecified atom stereocenters. The number of halogens is 1. The van der Waals surface area contributed by atoms with Crippen LogP contribution < -0.4 is 0 Å². The molecule has 7 aliphatic rings. The van der Waals surface area contributed by atoms with Crippen LogP contribution in [-0.4, -0.2) is 71.1 Å². The Kier molecular flexibility index (Phi) is 8.04. The molecule has 9 atom stereocenters. The second-order valence-corrected chi connectivity index (χ2v) is 18.9. The molecule has 4 saturated carbocycles. The molecule has 7 rings (SSSR count). The fourth-order valence-corrected chi connectivity index (χ4v) is 13.8. The van der Waals surface area contributed by atoms with Crippen LogP contribution in [0.3, 0.4) is 0 Å². The van der Waals surface area contributed by atoms with E-state index in [4.69, 9.17) is 0 Å². The first-order valence-electron chi connectivity index (χ1n) is 19.2. The first kappa shape index (κ1) is 33.2. The predicted octanol–water partition coefficient (Wildman–Crippen LogP) is 7.75. The Hall–Kier alpha value is -1.27. The first-order chi connectivity index (χ1) is 21.6. The van der Waals surface area contributed by atoms with Gasteiger partial charge in [0.25, 0.3) is 0 Å². The normalized spacial score (nSPS) is 46.3. The van der Waals surface area contributed by atoms with Gasteiger partial charge in [-0.2, -0.15) is 0 Å². The Bertz CT molecular complexity index is 1280. The van der Waals surface area contributed by atoms with Gasteiger partial charge in [0, 0.05) is 38.6 Å². The van der Waals surface area contributed by atoms with Crippen molar-refractivity contribution in [2.75, 3.05) is 26.2 Å². The topological polar surface area (TPSA) is 60.9 Å². The van der Waals surface area contributed by atoms with Crippen molar-refractivity contribution < 1.29 is 19.1 Å². The van der Waals surface area contributed by atoms with Gasteiger partial charge in [0.2, 0.25) is 5.91 Å². The van der Waals surface area contributed by atoms with E-state index in [1.165, 1.54) is 12.0 Å². The lowest BCUT2D eigenvalue weighted by molar-refractivity contribution is -0.228. The van der Waals surface area contributed by atoms with E-state index in [-0.39, 0.29) is 57.3 Å². The summed E-state index contributed by atoms with van der Waals surface area (Å²) in [5.41, 5.74) is 1.88. The van der Waals surface area contributed by atoms with Gasteiger partial charge in [-0.25, -0.2) is 4.39 Å². The van der Waals surface area contributed by atoms with Crippen molar-refractivity contribution in [2.24, 2.45) is 50.7 Å². The predicted molar refractivity (Wildman–Crippen MR) is 181 cm³/mol. The summed E-state index contributed by atoms with van der Waals surface area (Å²) in [6.07, 6.45) is 11.0. The molecule has 46 heavy (non-hydrogen) atoms. The number of likely N-dealkylation sites (tertiary alicyclic amines) is 2. The fourth-order valence-electron chi connectivity index (χ4n) is 13.8. The number of carbonyl (C=O) groups is 2. The van der Waals surface area contributed by atoms with Gasteiger partial charge < -0.3 is 14.9 Å². The quantitative estimate of drug-likeness (QED) is 0.342. The molecule has 258 valence electrons. The molecule has 5 aliphatic carbocycles. The number of aliphatic hydroxyl groups is 1.